The van der Waals surface area contributed by atoms with E-state index in [4.69, 9.17) is 0 Å². The molecule has 1 aliphatic heterocycles. The van der Waals surface area contributed by atoms with Crippen molar-refractivity contribution in [3.63, 3.8) is 0 Å². The lowest BCUT2D eigenvalue weighted by Gasteiger charge is -2.45. The quantitative estimate of drug-likeness (QED) is 0.835. The van der Waals surface area contributed by atoms with E-state index in [-0.39, 0.29) is 0 Å². The van der Waals surface area contributed by atoms with Gasteiger partial charge in [-0.3, -0.25) is 4.90 Å². The molecule has 0 bridgehead atoms. The molecule has 0 aromatic carbocycles. The van der Waals surface area contributed by atoms with Crippen LogP contribution in [0.3, 0.4) is 0 Å². The first kappa shape index (κ1) is 16.3. The molecule has 0 aromatic heterocycles. The fourth-order valence-corrected chi connectivity index (χ4v) is 4.05. The van der Waals surface area contributed by atoms with Gasteiger partial charge in [0.25, 0.3) is 0 Å². The van der Waals surface area contributed by atoms with Crippen LogP contribution in [0.15, 0.2) is 0 Å². The van der Waals surface area contributed by atoms with E-state index >= 15 is 0 Å². The first-order chi connectivity index (χ1) is 9.54. The van der Waals surface area contributed by atoms with Crippen molar-refractivity contribution >= 4 is 0 Å². The van der Waals surface area contributed by atoms with E-state index in [2.05, 4.69) is 42.9 Å². The molecule has 20 heavy (non-hydrogen) atoms. The van der Waals surface area contributed by atoms with E-state index in [0.717, 1.165) is 5.92 Å². The molecule has 118 valence electrons. The summed E-state index contributed by atoms with van der Waals surface area (Å²) in [6, 6.07) is 0.707. The summed E-state index contributed by atoms with van der Waals surface area (Å²) >= 11 is 0. The van der Waals surface area contributed by atoms with Gasteiger partial charge in [-0.1, -0.05) is 19.8 Å². The lowest BCUT2D eigenvalue weighted by Crippen LogP contribution is -2.53. The molecule has 1 N–H and O–H groups in total. The standard InChI is InChI=1S/C17H35N3/c1-15(2)20-11-9-19(10-12-20)14-17(13-18-4)7-5-16(3)6-8-17/h15-16,18H,5-14H2,1-4H3. The van der Waals surface area contributed by atoms with Crippen molar-refractivity contribution in [2.75, 3.05) is 46.3 Å². The zero-order valence-corrected chi connectivity index (χ0v) is 14.1. The largest absolute Gasteiger partial charge is 0.319 e. The van der Waals surface area contributed by atoms with Gasteiger partial charge in [-0.15, -0.1) is 0 Å². The highest BCUT2D eigenvalue weighted by atomic mass is 15.3. The number of piperazine rings is 1. The molecule has 1 saturated carbocycles. The van der Waals surface area contributed by atoms with E-state index in [1.165, 1.54) is 65.0 Å². The van der Waals surface area contributed by atoms with Gasteiger partial charge in [0, 0.05) is 45.3 Å². The Balaban J connectivity index is 1.86. The van der Waals surface area contributed by atoms with Crippen LogP contribution in [0.4, 0.5) is 0 Å². The van der Waals surface area contributed by atoms with Crippen LogP contribution in [0.2, 0.25) is 0 Å². The summed E-state index contributed by atoms with van der Waals surface area (Å²) in [5.74, 6) is 0.942. The second-order valence-corrected chi connectivity index (χ2v) is 7.62. The van der Waals surface area contributed by atoms with Gasteiger partial charge in [-0.05, 0) is 45.1 Å². The zero-order chi connectivity index (χ0) is 14.6. The third-order valence-electron chi connectivity index (χ3n) is 5.58. The molecule has 0 unspecified atom stereocenters. The highest BCUT2D eigenvalue weighted by Gasteiger charge is 2.36. The third-order valence-corrected chi connectivity index (χ3v) is 5.58. The van der Waals surface area contributed by atoms with E-state index in [0.29, 0.717) is 11.5 Å². The van der Waals surface area contributed by atoms with Crippen molar-refractivity contribution in [2.45, 2.75) is 52.5 Å². The Bertz CT molecular complexity index is 274. The Morgan fingerprint density at radius 2 is 1.70 bits per heavy atom. The maximum absolute atomic E-state index is 3.47. The predicted molar refractivity (Wildman–Crippen MR) is 87.1 cm³/mol. The van der Waals surface area contributed by atoms with Gasteiger partial charge in [-0.2, -0.15) is 0 Å². The van der Waals surface area contributed by atoms with Crippen LogP contribution in [0.1, 0.15) is 46.5 Å². The molecule has 2 aliphatic rings. The second kappa shape index (κ2) is 7.24. The van der Waals surface area contributed by atoms with Gasteiger partial charge >= 0.3 is 0 Å². The molecule has 1 saturated heterocycles. The van der Waals surface area contributed by atoms with E-state index in [9.17, 15) is 0 Å². The predicted octanol–water partition coefficient (Wildman–Crippen LogP) is 2.43. The van der Waals surface area contributed by atoms with Crippen molar-refractivity contribution in [3.8, 4) is 0 Å². The Morgan fingerprint density at radius 3 is 2.20 bits per heavy atom. The molecule has 0 atom stereocenters. The maximum atomic E-state index is 3.47. The molecule has 0 aromatic rings. The number of hydrogen-bond acceptors (Lipinski definition) is 3. The smallest absolute Gasteiger partial charge is 0.0113 e. The lowest BCUT2D eigenvalue weighted by molar-refractivity contribution is 0.0461. The molecule has 0 radical (unpaired) electrons. The summed E-state index contributed by atoms with van der Waals surface area (Å²) in [6.45, 7) is 14.6. The number of nitrogens with one attached hydrogen (secondary N) is 1. The second-order valence-electron chi connectivity index (χ2n) is 7.62. The third kappa shape index (κ3) is 4.19. The minimum Gasteiger partial charge on any atom is -0.319 e. The summed E-state index contributed by atoms with van der Waals surface area (Å²) in [7, 11) is 2.12. The van der Waals surface area contributed by atoms with Crippen molar-refractivity contribution in [1.29, 1.82) is 0 Å². The Kier molecular flexibility index (Phi) is 5.88. The molecule has 1 heterocycles. The van der Waals surface area contributed by atoms with E-state index in [1.54, 1.807) is 0 Å². The molecule has 3 nitrogen and oxygen atoms in total. The van der Waals surface area contributed by atoms with E-state index in [1.807, 2.05) is 0 Å². The van der Waals surface area contributed by atoms with Gasteiger partial charge < -0.3 is 10.2 Å². The average molecular weight is 281 g/mol. The first-order valence-corrected chi connectivity index (χ1v) is 8.66. The van der Waals surface area contributed by atoms with Crippen molar-refractivity contribution in [2.24, 2.45) is 11.3 Å². The molecule has 2 rings (SSSR count). The minimum atomic E-state index is 0.543. The van der Waals surface area contributed by atoms with Crippen LogP contribution in [0, 0.1) is 11.3 Å². The maximum Gasteiger partial charge on any atom is 0.0113 e. The van der Waals surface area contributed by atoms with Crippen LogP contribution >= 0.6 is 0 Å². The van der Waals surface area contributed by atoms with Crippen LogP contribution < -0.4 is 5.32 Å². The summed E-state index contributed by atoms with van der Waals surface area (Å²) in [5, 5.41) is 3.47. The molecule has 0 spiro atoms. The van der Waals surface area contributed by atoms with Crippen molar-refractivity contribution in [1.82, 2.24) is 15.1 Å². The molecular formula is C17H35N3. The molecule has 2 fully saturated rings. The van der Waals surface area contributed by atoms with Crippen molar-refractivity contribution in [3.05, 3.63) is 0 Å². The summed E-state index contributed by atoms with van der Waals surface area (Å²) in [4.78, 5) is 5.34. The zero-order valence-electron chi connectivity index (χ0n) is 14.1. The van der Waals surface area contributed by atoms with Crippen LogP contribution in [0.25, 0.3) is 0 Å². The summed E-state index contributed by atoms with van der Waals surface area (Å²) in [6.07, 6.45) is 5.68. The molecule has 3 heteroatoms. The van der Waals surface area contributed by atoms with Crippen molar-refractivity contribution < 1.29 is 0 Å². The molecule has 0 amide bonds. The van der Waals surface area contributed by atoms with E-state index < -0.39 is 0 Å². The van der Waals surface area contributed by atoms with Crippen LogP contribution in [0.5, 0.6) is 0 Å². The Morgan fingerprint density at radius 1 is 1.10 bits per heavy atom. The fourth-order valence-electron chi connectivity index (χ4n) is 4.05. The van der Waals surface area contributed by atoms with Gasteiger partial charge in [0.05, 0.1) is 0 Å². The normalized spacial score (nSPS) is 33.8. The van der Waals surface area contributed by atoms with Crippen LogP contribution in [-0.4, -0.2) is 62.2 Å². The monoisotopic (exact) mass is 281 g/mol. The lowest BCUT2D eigenvalue weighted by atomic mass is 9.70. The molecule has 1 aliphatic carbocycles. The highest BCUT2D eigenvalue weighted by molar-refractivity contribution is 4.90. The number of nitrogens with zero attached hydrogens (tertiary/aromatic N) is 2. The average Bonchev–Trinajstić information content (AvgIpc) is 2.43. The molecular weight excluding hydrogens is 246 g/mol. The number of rotatable bonds is 5. The van der Waals surface area contributed by atoms with Gasteiger partial charge in [0.1, 0.15) is 0 Å². The van der Waals surface area contributed by atoms with Gasteiger partial charge in [-0.25, -0.2) is 0 Å². The first-order valence-electron chi connectivity index (χ1n) is 8.66. The Hall–Kier alpha value is -0.120. The fraction of sp³-hybridized carbons (Fsp3) is 1.00. The summed E-state index contributed by atoms with van der Waals surface area (Å²) in [5.41, 5.74) is 0.543. The topological polar surface area (TPSA) is 18.5 Å². The van der Waals surface area contributed by atoms with Gasteiger partial charge in [0.15, 0.2) is 0 Å². The summed E-state index contributed by atoms with van der Waals surface area (Å²) < 4.78 is 0. The minimum absolute atomic E-state index is 0.543. The van der Waals surface area contributed by atoms with Gasteiger partial charge in [0.2, 0.25) is 0 Å². The van der Waals surface area contributed by atoms with Crippen LogP contribution in [-0.2, 0) is 0 Å². The number of hydrogen-bond donors (Lipinski definition) is 1. The Labute approximate surface area is 126 Å². The SMILES string of the molecule is CNCC1(CN2CCN(C(C)C)CC2)CCC(C)CC1. The highest BCUT2D eigenvalue weighted by Crippen LogP contribution is 2.39.